The van der Waals surface area contributed by atoms with Gasteiger partial charge in [0.25, 0.3) is 0 Å². The van der Waals surface area contributed by atoms with Crippen LogP contribution in [0.15, 0.2) is 30.3 Å². The van der Waals surface area contributed by atoms with E-state index < -0.39 is 0 Å². The highest BCUT2D eigenvalue weighted by molar-refractivity contribution is 7.80. The molecule has 1 aromatic carbocycles. The summed E-state index contributed by atoms with van der Waals surface area (Å²) < 4.78 is 0. The van der Waals surface area contributed by atoms with Crippen molar-refractivity contribution in [3.8, 4) is 0 Å². The summed E-state index contributed by atoms with van der Waals surface area (Å²) in [5.41, 5.74) is 0.777. The summed E-state index contributed by atoms with van der Waals surface area (Å²) in [7, 11) is 0. The molecule has 0 aromatic heterocycles. The van der Waals surface area contributed by atoms with Crippen LogP contribution in [-0.2, 0) is 0 Å². The zero-order valence-electron chi connectivity index (χ0n) is 7.03. The number of rotatable bonds is 3. The van der Waals surface area contributed by atoms with Gasteiger partial charge in [0.2, 0.25) is 0 Å². The van der Waals surface area contributed by atoms with E-state index in [1.807, 2.05) is 37.3 Å². The lowest BCUT2D eigenvalue weighted by Crippen LogP contribution is -2.12. The van der Waals surface area contributed by atoms with Crippen LogP contribution in [0.3, 0.4) is 0 Å². The van der Waals surface area contributed by atoms with Gasteiger partial charge >= 0.3 is 0 Å². The van der Waals surface area contributed by atoms with Crippen molar-refractivity contribution in [1.82, 2.24) is 0 Å². The van der Waals surface area contributed by atoms with Crippen molar-refractivity contribution in [1.29, 1.82) is 0 Å². The van der Waals surface area contributed by atoms with Crippen LogP contribution in [0.4, 0.5) is 0 Å². The Morgan fingerprint density at radius 2 is 2.00 bits per heavy atom. The van der Waals surface area contributed by atoms with Crippen LogP contribution >= 0.6 is 12.6 Å². The van der Waals surface area contributed by atoms with Gasteiger partial charge in [0.15, 0.2) is 5.78 Å². The molecule has 0 unspecified atom stereocenters. The Morgan fingerprint density at radius 3 is 2.50 bits per heavy atom. The maximum Gasteiger partial charge on any atom is 0.166 e. The second kappa shape index (κ2) is 4.31. The van der Waals surface area contributed by atoms with Gasteiger partial charge in [-0.2, -0.15) is 12.6 Å². The lowest BCUT2D eigenvalue weighted by molar-refractivity contribution is 0.0942. The van der Waals surface area contributed by atoms with E-state index in [0.29, 0.717) is 5.75 Å². The van der Waals surface area contributed by atoms with Crippen molar-refractivity contribution in [2.24, 2.45) is 5.92 Å². The molecule has 0 N–H and O–H groups in total. The average Bonchev–Trinajstić information content (AvgIpc) is 2.17. The van der Waals surface area contributed by atoms with Crippen molar-refractivity contribution in [2.45, 2.75) is 6.92 Å². The van der Waals surface area contributed by atoms with Crippen LogP contribution in [0, 0.1) is 5.92 Å². The maximum absolute atomic E-state index is 11.5. The van der Waals surface area contributed by atoms with Gasteiger partial charge in [-0.25, -0.2) is 0 Å². The van der Waals surface area contributed by atoms with E-state index in [0.717, 1.165) is 5.56 Å². The molecule has 1 aromatic rings. The summed E-state index contributed by atoms with van der Waals surface area (Å²) in [4.78, 5) is 11.5. The first kappa shape index (κ1) is 9.33. The number of hydrogen-bond donors (Lipinski definition) is 1. The number of thiol groups is 1. The first-order valence-corrected chi connectivity index (χ1v) is 4.59. The van der Waals surface area contributed by atoms with Crippen molar-refractivity contribution in [3.05, 3.63) is 35.9 Å². The predicted molar refractivity (Wildman–Crippen MR) is 53.8 cm³/mol. The molecule has 0 bridgehead atoms. The highest BCUT2D eigenvalue weighted by Crippen LogP contribution is 2.09. The first-order chi connectivity index (χ1) is 5.75. The molecular formula is C10H12OS. The molecule has 12 heavy (non-hydrogen) atoms. The standard InChI is InChI=1S/C10H12OS/c1-8(7-12)10(11)9-5-3-2-4-6-9/h2-6,8,12H,7H2,1H3/t8-/m0/s1. The Bertz CT molecular complexity index is 256. The van der Waals surface area contributed by atoms with E-state index in [1.165, 1.54) is 0 Å². The molecule has 0 saturated heterocycles. The van der Waals surface area contributed by atoms with Crippen LogP contribution in [0.5, 0.6) is 0 Å². The van der Waals surface area contributed by atoms with Crippen molar-refractivity contribution in [2.75, 3.05) is 5.75 Å². The minimum atomic E-state index is 0.00994. The second-order valence-corrected chi connectivity index (χ2v) is 3.18. The van der Waals surface area contributed by atoms with Crippen molar-refractivity contribution in [3.63, 3.8) is 0 Å². The molecule has 1 atom stereocenters. The minimum absolute atomic E-state index is 0.00994. The largest absolute Gasteiger partial charge is 0.294 e. The van der Waals surface area contributed by atoms with Gasteiger partial charge < -0.3 is 0 Å². The summed E-state index contributed by atoms with van der Waals surface area (Å²) >= 11 is 4.08. The van der Waals surface area contributed by atoms with Crippen LogP contribution in [0.25, 0.3) is 0 Å². The predicted octanol–water partition coefficient (Wildman–Crippen LogP) is 2.44. The highest BCUT2D eigenvalue weighted by Gasteiger charge is 2.12. The van der Waals surface area contributed by atoms with Crippen LogP contribution < -0.4 is 0 Å². The smallest absolute Gasteiger partial charge is 0.166 e. The van der Waals surface area contributed by atoms with Crippen LogP contribution in [0.2, 0.25) is 0 Å². The fourth-order valence-corrected chi connectivity index (χ4v) is 1.14. The van der Waals surface area contributed by atoms with Crippen LogP contribution in [0.1, 0.15) is 17.3 Å². The molecule has 0 amide bonds. The van der Waals surface area contributed by atoms with Crippen molar-refractivity contribution < 1.29 is 4.79 Å². The summed E-state index contributed by atoms with van der Waals surface area (Å²) in [6.45, 7) is 1.89. The van der Waals surface area contributed by atoms with E-state index >= 15 is 0 Å². The number of ketones is 1. The summed E-state index contributed by atoms with van der Waals surface area (Å²) in [6, 6.07) is 9.32. The Morgan fingerprint density at radius 1 is 1.42 bits per heavy atom. The number of benzene rings is 1. The maximum atomic E-state index is 11.5. The van der Waals surface area contributed by atoms with Crippen LogP contribution in [-0.4, -0.2) is 11.5 Å². The van der Waals surface area contributed by atoms with Gasteiger partial charge in [0.05, 0.1) is 0 Å². The zero-order chi connectivity index (χ0) is 8.97. The van der Waals surface area contributed by atoms with E-state index in [-0.39, 0.29) is 11.7 Å². The number of Topliss-reactive ketones (excluding diaryl/α,β-unsaturated/α-hetero) is 1. The fraction of sp³-hybridized carbons (Fsp3) is 0.300. The molecule has 0 spiro atoms. The lowest BCUT2D eigenvalue weighted by atomic mass is 10.0. The lowest BCUT2D eigenvalue weighted by Gasteiger charge is -2.05. The molecule has 1 rings (SSSR count). The number of hydrogen-bond acceptors (Lipinski definition) is 2. The van der Waals surface area contributed by atoms with E-state index in [4.69, 9.17) is 0 Å². The monoisotopic (exact) mass is 180 g/mol. The summed E-state index contributed by atoms with van der Waals surface area (Å²) in [6.07, 6.45) is 0. The minimum Gasteiger partial charge on any atom is -0.294 e. The Labute approximate surface area is 78.2 Å². The van der Waals surface area contributed by atoms with Crippen molar-refractivity contribution >= 4 is 18.4 Å². The molecule has 0 fully saturated rings. The Balaban J connectivity index is 2.79. The molecule has 1 nitrogen and oxygen atoms in total. The van der Waals surface area contributed by atoms with Gasteiger partial charge in [0, 0.05) is 17.2 Å². The van der Waals surface area contributed by atoms with Gasteiger partial charge in [-0.3, -0.25) is 4.79 Å². The van der Waals surface area contributed by atoms with Gasteiger partial charge in [-0.15, -0.1) is 0 Å². The molecule has 0 radical (unpaired) electrons. The molecule has 0 aliphatic rings. The third kappa shape index (κ3) is 2.11. The topological polar surface area (TPSA) is 17.1 Å². The zero-order valence-corrected chi connectivity index (χ0v) is 7.92. The van der Waals surface area contributed by atoms with Gasteiger partial charge in [0.1, 0.15) is 0 Å². The average molecular weight is 180 g/mol. The molecular weight excluding hydrogens is 168 g/mol. The Hall–Kier alpha value is -0.760. The quantitative estimate of drug-likeness (QED) is 0.558. The molecule has 0 aliphatic carbocycles. The van der Waals surface area contributed by atoms with Gasteiger partial charge in [-0.05, 0) is 0 Å². The summed E-state index contributed by atoms with van der Waals surface area (Å²) in [5.74, 6) is 0.787. The normalized spacial score (nSPS) is 12.5. The molecule has 0 heterocycles. The van der Waals surface area contributed by atoms with E-state index in [1.54, 1.807) is 0 Å². The van der Waals surface area contributed by atoms with E-state index in [9.17, 15) is 4.79 Å². The third-order valence-electron chi connectivity index (χ3n) is 1.78. The number of carbonyl (C=O) groups excluding carboxylic acids is 1. The fourth-order valence-electron chi connectivity index (χ4n) is 0.970. The number of carbonyl (C=O) groups is 1. The Kier molecular flexibility index (Phi) is 3.35. The molecule has 64 valence electrons. The highest BCUT2D eigenvalue weighted by atomic mass is 32.1. The SMILES string of the molecule is C[C@@H](CS)C(=O)c1ccccc1. The molecule has 2 heteroatoms. The first-order valence-electron chi connectivity index (χ1n) is 3.96. The summed E-state index contributed by atoms with van der Waals surface area (Å²) in [5, 5.41) is 0. The van der Waals surface area contributed by atoms with E-state index in [2.05, 4.69) is 12.6 Å². The molecule has 0 saturated carbocycles. The second-order valence-electron chi connectivity index (χ2n) is 2.81. The third-order valence-corrected chi connectivity index (χ3v) is 2.33. The molecule has 0 aliphatic heterocycles. The van der Waals surface area contributed by atoms with Gasteiger partial charge in [-0.1, -0.05) is 37.3 Å².